The molecule has 0 aliphatic rings. The van der Waals surface area contributed by atoms with Crippen LogP contribution in [-0.2, 0) is 17.7 Å². The highest BCUT2D eigenvalue weighted by Gasteiger charge is 2.41. The monoisotopic (exact) mass is 324 g/mol. The van der Waals surface area contributed by atoms with Crippen molar-refractivity contribution in [2.75, 3.05) is 33.7 Å². The molecule has 0 saturated carbocycles. The Morgan fingerprint density at radius 1 is 0.650 bits per heavy atom. The van der Waals surface area contributed by atoms with Crippen LogP contribution in [0.1, 0.15) is 57.8 Å². The summed E-state index contributed by atoms with van der Waals surface area (Å²) >= 11 is 4.22. The Morgan fingerprint density at radius 2 is 1.05 bits per heavy atom. The minimum absolute atomic E-state index is 0.643. The zero-order chi connectivity index (χ0) is 15.1. The first-order valence-corrected chi connectivity index (χ1v) is 9.91. The molecule has 122 valence electrons. The van der Waals surface area contributed by atoms with Gasteiger partial charge in [-0.3, -0.25) is 0 Å². The van der Waals surface area contributed by atoms with Gasteiger partial charge in [-0.05, 0) is 18.6 Å². The number of rotatable bonds is 15. The molecule has 0 spiro atoms. The molecule has 0 N–H and O–H groups in total. The molecule has 0 unspecified atom stereocenters. The van der Waals surface area contributed by atoms with Gasteiger partial charge in [-0.2, -0.15) is 12.6 Å². The minimum Gasteiger partial charge on any atom is -0.355 e. The standard InChI is InChI=1S/C14H32O4SSi/c1-15-20(16-2,17-3)18-13-11-9-7-5-4-6-8-10-12-14-19/h19H,4-14H2,1-3H3. The van der Waals surface area contributed by atoms with E-state index in [2.05, 4.69) is 12.6 Å². The fraction of sp³-hybridized carbons (Fsp3) is 1.00. The number of unbranched alkanes of at least 4 members (excludes halogenated alkanes) is 8. The van der Waals surface area contributed by atoms with Crippen molar-refractivity contribution in [3.63, 3.8) is 0 Å². The molecule has 0 saturated heterocycles. The molecule has 0 aliphatic carbocycles. The third kappa shape index (κ3) is 10.2. The Morgan fingerprint density at radius 3 is 1.45 bits per heavy atom. The van der Waals surface area contributed by atoms with Crippen LogP contribution < -0.4 is 0 Å². The average Bonchev–Trinajstić information content (AvgIpc) is 2.49. The molecule has 0 rings (SSSR count). The summed E-state index contributed by atoms with van der Waals surface area (Å²) in [5.41, 5.74) is 0. The maximum absolute atomic E-state index is 5.61. The molecule has 0 aromatic carbocycles. The van der Waals surface area contributed by atoms with E-state index in [4.69, 9.17) is 17.7 Å². The second-order valence-electron chi connectivity index (χ2n) is 4.87. The third-order valence-corrected chi connectivity index (χ3v) is 5.71. The summed E-state index contributed by atoms with van der Waals surface area (Å²) < 4.78 is 21.2. The van der Waals surface area contributed by atoms with E-state index in [-0.39, 0.29) is 0 Å². The molecule has 0 aliphatic heterocycles. The fourth-order valence-electron chi connectivity index (χ4n) is 2.08. The lowest BCUT2D eigenvalue weighted by molar-refractivity contribution is 0.00504. The van der Waals surface area contributed by atoms with E-state index in [1.165, 1.54) is 51.4 Å². The topological polar surface area (TPSA) is 36.9 Å². The van der Waals surface area contributed by atoms with Crippen molar-refractivity contribution >= 4 is 21.7 Å². The maximum Gasteiger partial charge on any atom is 0.678 e. The third-order valence-electron chi connectivity index (χ3n) is 3.33. The Bertz CT molecular complexity index is 195. The lowest BCUT2D eigenvalue weighted by Crippen LogP contribution is -2.46. The van der Waals surface area contributed by atoms with Crippen LogP contribution in [0.3, 0.4) is 0 Å². The van der Waals surface area contributed by atoms with Crippen molar-refractivity contribution in [3.8, 4) is 0 Å². The van der Waals surface area contributed by atoms with Crippen molar-refractivity contribution in [1.82, 2.24) is 0 Å². The second-order valence-corrected chi connectivity index (χ2v) is 7.83. The molecule has 0 aromatic heterocycles. The van der Waals surface area contributed by atoms with Crippen LogP contribution in [0.4, 0.5) is 0 Å². The van der Waals surface area contributed by atoms with E-state index in [0.29, 0.717) is 6.61 Å². The summed E-state index contributed by atoms with van der Waals surface area (Å²) in [5.74, 6) is 1.02. The molecule has 4 nitrogen and oxygen atoms in total. The molecule has 0 radical (unpaired) electrons. The van der Waals surface area contributed by atoms with Gasteiger partial charge >= 0.3 is 9.05 Å². The number of thiol groups is 1. The van der Waals surface area contributed by atoms with Gasteiger partial charge in [0.15, 0.2) is 0 Å². The predicted octanol–water partition coefficient (Wildman–Crippen LogP) is 3.82. The Balaban J connectivity index is 3.32. The molecule has 0 heterocycles. The van der Waals surface area contributed by atoms with Gasteiger partial charge in [0.2, 0.25) is 0 Å². The van der Waals surface area contributed by atoms with Crippen LogP contribution >= 0.6 is 12.6 Å². The zero-order valence-electron chi connectivity index (χ0n) is 13.4. The first-order valence-electron chi connectivity index (χ1n) is 7.65. The molecule has 0 bridgehead atoms. The molecule has 0 atom stereocenters. The van der Waals surface area contributed by atoms with E-state index in [1.807, 2.05) is 0 Å². The molecular weight excluding hydrogens is 292 g/mol. The van der Waals surface area contributed by atoms with Crippen molar-refractivity contribution in [2.45, 2.75) is 57.8 Å². The van der Waals surface area contributed by atoms with Gasteiger partial charge in [0.05, 0.1) is 0 Å². The van der Waals surface area contributed by atoms with Crippen LogP contribution in [-0.4, -0.2) is 42.7 Å². The quantitative estimate of drug-likeness (QED) is 0.282. The van der Waals surface area contributed by atoms with Gasteiger partial charge < -0.3 is 17.7 Å². The highest BCUT2D eigenvalue weighted by atomic mass is 32.1. The summed E-state index contributed by atoms with van der Waals surface area (Å²) in [6.45, 7) is 0.643. The van der Waals surface area contributed by atoms with Crippen LogP contribution in [0.15, 0.2) is 0 Å². The summed E-state index contributed by atoms with van der Waals surface area (Å²) in [4.78, 5) is 0. The molecular formula is C14H32O4SSi. The van der Waals surface area contributed by atoms with E-state index in [9.17, 15) is 0 Å². The van der Waals surface area contributed by atoms with Crippen molar-refractivity contribution < 1.29 is 17.7 Å². The molecule has 0 fully saturated rings. The van der Waals surface area contributed by atoms with E-state index in [0.717, 1.165) is 12.2 Å². The van der Waals surface area contributed by atoms with Crippen LogP contribution in [0.2, 0.25) is 0 Å². The van der Waals surface area contributed by atoms with Gasteiger partial charge in [0, 0.05) is 27.9 Å². The SMILES string of the molecule is CO[Si](OC)(OC)OCCCCCCCCCCCS. The highest BCUT2D eigenvalue weighted by Crippen LogP contribution is 2.12. The van der Waals surface area contributed by atoms with Gasteiger partial charge in [0.25, 0.3) is 0 Å². The largest absolute Gasteiger partial charge is 0.678 e. The second kappa shape index (κ2) is 14.3. The van der Waals surface area contributed by atoms with Crippen LogP contribution in [0.5, 0.6) is 0 Å². The molecule has 20 heavy (non-hydrogen) atoms. The van der Waals surface area contributed by atoms with E-state index >= 15 is 0 Å². The summed E-state index contributed by atoms with van der Waals surface area (Å²) in [6, 6.07) is 0. The van der Waals surface area contributed by atoms with Crippen LogP contribution in [0, 0.1) is 0 Å². The smallest absolute Gasteiger partial charge is 0.355 e. The van der Waals surface area contributed by atoms with E-state index in [1.54, 1.807) is 21.3 Å². The number of hydrogen-bond acceptors (Lipinski definition) is 5. The number of hydrogen-bond donors (Lipinski definition) is 1. The molecule has 0 amide bonds. The fourth-order valence-corrected chi connectivity index (χ4v) is 3.55. The van der Waals surface area contributed by atoms with Crippen molar-refractivity contribution in [2.24, 2.45) is 0 Å². The van der Waals surface area contributed by atoms with Gasteiger partial charge in [-0.1, -0.05) is 44.9 Å². The van der Waals surface area contributed by atoms with Crippen molar-refractivity contribution in [1.29, 1.82) is 0 Å². The van der Waals surface area contributed by atoms with Gasteiger partial charge in [-0.25, -0.2) is 0 Å². The predicted molar refractivity (Wildman–Crippen MR) is 88.1 cm³/mol. The Kier molecular flexibility index (Phi) is 14.6. The molecule has 0 aromatic rings. The Labute approximate surface area is 131 Å². The maximum atomic E-state index is 5.61. The highest BCUT2D eigenvalue weighted by molar-refractivity contribution is 7.80. The van der Waals surface area contributed by atoms with Gasteiger partial charge in [-0.15, -0.1) is 0 Å². The summed E-state index contributed by atoms with van der Waals surface area (Å²) in [5, 5.41) is 0. The zero-order valence-corrected chi connectivity index (χ0v) is 15.3. The lowest BCUT2D eigenvalue weighted by atomic mass is 10.1. The van der Waals surface area contributed by atoms with Crippen LogP contribution in [0.25, 0.3) is 0 Å². The average molecular weight is 325 g/mol. The summed E-state index contributed by atoms with van der Waals surface area (Å²) in [7, 11) is 1.87. The lowest BCUT2D eigenvalue weighted by Gasteiger charge is -2.22. The first kappa shape index (κ1) is 20.4. The minimum atomic E-state index is -2.82. The van der Waals surface area contributed by atoms with Crippen molar-refractivity contribution in [3.05, 3.63) is 0 Å². The summed E-state index contributed by atoms with van der Waals surface area (Å²) in [6.07, 6.45) is 11.5. The molecule has 6 heteroatoms. The first-order chi connectivity index (χ1) is 9.74. The Hall–Kier alpha value is 0.407. The van der Waals surface area contributed by atoms with Gasteiger partial charge in [0.1, 0.15) is 0 Å². The normalized spacial score (nSPS) is 12.0. The van der Waals surface area contributed by atoms with E-state index < -0.39 is 9.05 Å².